The zero-order chi connectivity index (χ0) is 9.14. The Balaban J connectivity index is 2.51. The number of hydrazine groups is 1. The molecule has 0 aromatic heterocycles. The van der Waals surface area contributed by atoms with Crippen LogP contribution in [-0.2, 0) is 4.79 Å². The molecule has 12 heavy (non-hydrogen) atoms. The van der Waals surface area contributed by atoms with E-state index in [1.807, 2.05) is 12.1 Å². The number of carbonyl (C=O) groups excluding carboxylic acids is 1. The van der Waals surface area contributed by atoms with E-state index >= 15 is 0 Å². The molecule has 4 nitrogen and oxygen atoms in total. The fraction of sp³-hybridized carbons (Fsp3) is 0.833. The fourth-order valence-corrected chi connectivity index (χ4v) is 1.99. The molecule has 1 aliphatic rings. The number of nitrogens with one attached hydrogen (secondary N) is 1. The quantitative estimate of drug-likeness (QED) is 0.600. The van der Waals surface area contributed by atoms with Gasteiger partial charge in [0.05, 0.1) is 0 Å². The number of hydrogen-bond donors (Lipinski definition) is 1. The monoisotopic (exact) mass is 301 g/mol. The SMILES string of the molecule is CN(SI)C(=O)C1CCNN1C. The summed E-state index contributed by atoms with van der Waals surface area (Å²) >= 11 is 2.11. The number of rotatable bonds is 2. The van der Waals surface area contributed by atoms with E-state index < -0.39 is 0 Å². The van der Waals surface area contributed by atoms with E-state index in [1.54, 1.807) is 11.4 Å². The van der Waals surface area contributed by atoms with E-state index in [0.717, 1.165) is 13.0 Å². The number of likely N-dealkylation sites (N-methyl/N-ethyl adjacent to an activating group) is 2. The Morgan fingerprint density at radius 3 is 2.92 bits per heavy atom. The highest BCUT2D eigenvalue weighted by Gasteiger charge is 2.29. The molecule has 0 bridgehead atoms. The molecule has 1 heterocycles. The lowest BCUT2D eigenvalue weighted by Gasteiger charge is -2.21. The molecule has 1 aliphatic heterocycles. The normalized spacial score (nSPS) is 24.4. The lowest BCUT2D eigenvalue weighted by molar-refractivity contribution is -0.129. The first-order valence-electron chi connectivity index (χ1n) is 3.69. The maximum atomic E-state index is 11.6. The molecular formula is C6H12IN3OS. The highest BCUT2D eigenvalue weighted by atomic mass is 127. The maximum Gasteiger partial charge on any atom is 0.251 e. The smallest absolute Gasteiger partial charge is 0.251 e. The molecule has 0 spiro atoms. The molecule has 6 heteroatoms. The highest BCUT2D eigenvalue weighted by Crippen LogP contribution is 2.19. The van der Waals surface area contributed by atoms with Crippen LogP contribution in [0.4, 0.5) is 0 Å². The Morgan fingerprint density at radius 2 is 2.50 bits per heavy atom. The van der Waals surface area contributed by atoms with E-state index in [2.05, 4.69) is 26.6 Å². The van der Waals surface area contributed by atoms with Crippen molar-refractivity contribution in [3.05, 3.63) is 0 Å². The second-order valence-corrected chi connectivity index (χ2v) is 4.60. The van der Waals surface area contributed by atoms with Crippen LogP contribution >= 0.6 is 30.3 Å². The highest BCUT2D eigenvalue weighted by molar-refractivity contribution is 14.2. The molecular weight excluding hydrogens is 289 g/mol. The Kier molecular flexibility index (Phi) is 4.08. The predicted octanol–water partition coefficient (Wildman–Crippen LogP) is 0.652. The van der Waals surface area contributed by atoms with E-state index in [4.69, 9.17) is 0 Å². The zero-order valence-electron chi connectivity index (χ0n) is 7.08. The van der Waals surface area contributed by atoms with Crippen molar-refractivity contribution in [3.63, 3.8) is 0 Å². The van der Waals surface area contributed by atoms with Gasteiger partial charge in [0.15, 0.2) is 0 Å². The van der Waals surface area contributed by atoms with Crippen molar-refractivity contribution in [3.8, 4) is 0 Å². The molecule has 1 fully saturated rings. The summed E-state index contributed by atoms with van der Waals surface area (Å²) in [6.07, 6.45) is 0.900. The maximum absolute atomic E-state index is 11.6. The van der Waals surface area contributed by atoms with Crippen LogP contribution in [0, 0.1) is 0 Å². The molecule has 1 amide bonds. The summed E-state index contributed by atoms with van der Waals surface area (Å²) in [7, 11) is 5.12. The van der Waals surface area contributed by atoms with Gasteiger partial charge in [0.1, 0.15) is 6.04 Å². The fourth-order valence-electron chi connectivity index (χ4n) is 1.21. The van der Waals surface area contributed by atoms with Crippen LogP contribution in [0.1, 0.15) is 6.42 Å². The van der Waals surface area contributed by atoms with Crippen molar-refractivity contribution in [2.24, 2.45) is 0 Å². The van der Waals surface area contributed by atoms with Gasteiger partial charge >= 0.3 is 0 Å². The molecule has 1 rings (SSSR count). The number of hydrogen-bond acceptors (Lipinski definition) is 4. The summed E-state index contributed by atoms with van der Waals surface area (Å²) in [5.41, 5.74) is 3.10. The molecule has 0 aromatic rings. The lowest BCUT2D eigenvalue weighted by atomic mass is 10.2. The van der Waals surface area contributed by atoms with Gasteiger partial charge in [0.25, 0.3) is 5.91 Å². The number of halogens is 1. The first-order chi connectivity index (χ1) is 5.66. The van der Waals surface area contributed by atoms with Gasteiger partial charge in [-0.1, -0.05) is 0 Å². The lowest BCUT2D eigenvalue weighted by Crippen LogP contribution is -2.42. The van der Waals surface area contributed by atoms with Crippen LogP contribution in [0.15, 0.2) is 0 Å². The second-order valence-electron chi connectivity index (χ2n) is 2.73. The van der Waals surface area contributed by atoms with Gasteiger partial charge in [-0.05, 0) is 6.42 Å². The molecule has 70 valence electrons. The third-order valence-electron chi connectivity index (χ3n) is 1.95. The van der Waals surface area contributed by atoms with E-state index in [0.29, 0.717) is 0 Å². The summed E-state index contributed by atoms with van der Waals surface area (Å²) < 4.78 is 1.66. The van der Waals surface area contributed by atoms with Crippen LogP contribution in [0.2, 0.25) is 0 Å². The number of nitrogens with zero attached hydrogens (tertiary/aromatic N) is 2. The van der Waals surface area contributed by atoms with Gasteiger partial charge < -0.3 is 0 Å². The topological polar surface area (TPSA) is 35.6 Å². The average Bonchev–Trinajstić information content (AvgIpc) is 2.48. The van der Waals surface area contributed by atoms with Crippen molar-refractivity contribution in [2.75, 3.05) is 20.6 Å². The van der Waals surface area contributed by atoms with E-state index in [9.17, 15) is 4.79 Å². The van der Waals surface area contributed by atoms with Gasteiger partial charge in [-0.3, -0.25) is 14.5 Å². The van der Waals surface area contributed by atoms with Crippen LogP contribution in [0.5, 0.6) is 0 Å². The minimum Gasteiger partial charge on any atom is -0.279 e. The van der Waals surface area contributed by atoms with Crippen LogP contribution in [0.25, 0.3) is 0 Å². The minimum absolute atomic E-state index is 0.0114. The van der Waals surface area contributed by atoms with Crippen LogP contribution in [0.3, 0.4) is 0 Å². The van der Waals surface area contributed by atoms with E-state index in [-0.39, 0.29) is 11.9 Å². The Labute approximate surface area is 88.7 Å². The first kappa shape index (κ1) is 10.6. The van der Waals surface area contributed by atoms with Crippen LogP contribution < -0.4 is 5.43 Å². The van der Waals surface area contributed by atoms with Crippen LogP contribution in [-0.4, -0.2) is 41.9 Å². The summed E-state index contributed by atoms with van der Waals surface area (Å²) in [5, 5.41) is 1.88. The standard InChI is InChI=1S/C6H12IN3OS/c1-9-5(3-4-8-9)6(11)10(2)12-7/h5,8H,3-4H2,1-2H3. The Morgan fingerprint density at radius 1 is 1.83 bits per heavy atom. The van der Waals surface area contributed by atoms with Gasteiger partial charge in [-0.25, -0.2) is 5.01 Å². The molecule has 1 N–H and O–H groups in total. The molecule has 0 radical (unpaired) electrons. The average molecular weight is 301 g/mol. The van der Waals surface area contributed by atoms with Crippen molar-refractivity contribution in [2.45, 2.75) is 12.5 Å². The molecule has 1 saturated heterocycles. The molecule has 1 unspecified atom stereocenters. The summed E-state index contributed by atoms with van der Waals surface area (Å²) in [6, 6.07) is 0.0114. The number of carbonyl (C=O) groups is 1. The van der Waals surface area contributed by atoms with E-state index in [1.165, 1.54) is 9.12 Å². The summed E-state index contributed by atoms with van der Waals surface area (Å²) in [4.78, 5) is 11.6. The third-order valence-corrected chi connectivity index (χ3v) is 4.10. The number of amides is 1. The second kappa shape index (κ2) is 4.64. The molecule has 0 saturated carbocycles. The molecule has 0 aliphatic carbocycles. The Bertz CT molecular complexity index is 180. The van der Waals surface area contributed by atoms with Crippen molar-refractivity contribution in [1.29, 1.82) is 0 Å². The summed E-state index contributed by atoms with van der Waals surface area (Å²) in [5.74, 6) is 0.168. The molecule has 0 aromatic carbocycles. The first-order valence-corrected chi connectivity index (χ1v) is 7.01. The van der Waals surface area contributed by atoms with Gasteiger partial charge in [0, 0.05) is 51.0 Å². The zero-order valence-corrected chi connectivity index (χ0v) is 10.1. The van der Waals surface area contributed by atoms with Crippen molar-refractivity contribution >= 4 is 36.2 Å². The van der Waals surface area contributed by atoms with Crippen molar-refractivity contribution < 1.29 is 4.79 Å². The largest absolute Gasteiger partial charge is 0.279 e. The van der Waals surface area contributed by atoms with Crippen molar-refractivity contribution in [1.82, 2.24) is 14.7 Å². The minimum atomic E-state index is 0.0114. The van der Waals surface area contributed by atoms with Gasteiger partial charge in [0.2, 0.25) is 0 Å². The predicted molar refractivity (Wildman–Crippen MR) is 58.6 cm³/mol. The molecule has 1 atom stereocenters. The summed E-state index contributed by atoms with van der Waals surface area (Å²) in [6.45, 7) is 0.895. The van der Waals surface area contributed by atoms with Gasteiger partial charge in [-0.2, -0.15) is 0 Å². The van der Waals surface area contributed by atoms with Gasteiger partial charge in [-0.15, -0.1) is 0 Å². The Hall–Kier alpha value is 0.470. The third kappa shape index (κ3) is 2.24.